The highest BCUT2D eigenvalue weighted by atomic mass is 28.3. The molecular weight excluding hydrogens is 252 g/mol. The Bertz CT molecular complexity index is 562. The zero-order chi connectivity index (χ0) is 13.8. The second-order valence-electron chi connectivity index (χ2n) is 4.49. The first-order chi connectivity index (χ1) is 9.19. The lowest BCUT2D eigenvalue weighted by molar-refractivity contribution is 0.292. The minimum Gasteiger partial charge on any atom is -0.393 e. The van der Waals surface area contributed by atoms with Crippen molar-refractivity contribution in [2.75, 3.05) is 14.2 Å². The van der Waals surface area contributed by atoms with Gasteiger partial charge in [0.05, 0.1) is 0 Å². The summed E-state index contributed by atoms with van der Waals surface area (Å²) >= 11 is 0. The fourth-order valence-electron chi connectivity index (χ4n) is 2.33. The van der Waals surface area contributed by atoms with Gasteiger partial charge in [-0.25, -0.2) is 0 Å². The van der Waals surface area contributed by atoms with Crippen molar-refractivity contribution in [1.82, 2.24) is 0 Å². The first kappa shape index (κ1) is 14.0. The van der Waals surface area contributed by atoms with Crippen LogP contribution in [0.4, 0.5) is 0 Å². The minimum absolute atomic E-state index is 1.18. The Kier molecular flexibility index (Phi) is 4.53. The molecule has 2 rings (SSSR count). The Labute approximate surface area is 116 Å². The van der Waals surface area contributed by atoms with Crippen molar-refractivity contribution < 1.29 is 8.85 Å². The van der Waals surface area contributed by atoms with Crippen molar-refractivity contribution in [1.29, 1.82) is 0 Å². The Morgan fingerprint density at radius 1 is 0.789 bits per heavy atom. The molecule has 0 amide bonds. The summed E-state index contributed by atoms with van der Waals surface area (Å²) < 4.78 is 10.9. The third-order valence-corrected chi connectivity index (χ3v) is 5.08. The van der Waals surface area contributed by atoms with Crippen molar-refractivity contribution >= 4 is 14.5 Å². The Morgan fingerprint density at radius 3 is 2.05 bits per heavy atom. The molecule has 2 aromatic rings. The van der Waals surface area contributed by atoms with Crippen LogP contribution >= 0.6 is 0 Å². The summed E-state index contributed by atoms with van der Waals surface area (Å²) in [6.45, 7) is 4.28. The standard InChI is InChI=1S/C16H19O2Si/c1-12-8-5-6-9-14(12)15-10-7-11-16(13(15)2)19(17-3)18-4/h5-11H,1-4H3. The fourth-order valence-corrected chi connectivity index (χ4v) is 3.61. The summed E-state index contributed by atoms with van der Waals surface area (Å²) in [5, 5.41) is 1.18. The molecule has 2 nitrogen and oxygen atoms in total. The molecule has 0 aliphatic carbocycles. The van der Waals surface area contributed by atoms with E-state index >= 15 is 0 Å². The van der Waals surface area contributed by atoms with E-state index in [2.05, 4.69) is 56.3 Å². The predicted octanol–water partition coefficient (Wildman–Crippen LogP) is 2.96. The monoisotopic (exact) mass is 271 g/mol. The van der Waals surface area contributed by atoms with Gasteiger partial charge < -0.3 is 8.85 Å². The summed E-state index contributed by atoms with van der Waals surface area (Å²) in [7, 11) is 2.04. The second kappa shape index (κ2) is 6.15. The van der Waals surface area contributed by atoms with Crippen molar-refractivity contribution in [3.8, 4) is 11.1 Å². The average Bonchev–Trinajstić information content (AvgIpc) is 2.43. The van der Waals surface area contributed by atoms with Crippen molar-refractivity contribution in [2.45, 2.75) is 13.8 Å². The van der Waals surface area contributed by atoms with Crippen molar-refractivity contribution in [3.05, 3.63) is 53.6 Å². The lowest BCUT2D eigenvalue weighted by Gasteiger charge is -2.16. The van der Waals surface area contributed by atoms with Crippen LogP contribution in [0.15, 0.2) is 42.5 Å². The van der Waals surface area contributed by atoms with Gasteiger partial charge in [0.15, 0.2) is 0 Å². The highest BCUT2D eigenvalue weighted by molar-refractivity contribution is 6.61. The normalized spacial score (nSPS) is 11.0. The molecule has 0 atom stereocenters. The van der Waals surface area contributed by atoms with Crippen LogP contribution in [0.1, 0.15) is 11.1 Å². The van der Waals surface area contributed by atoms with Gasteiger partial charge in [0.1, 0.15) is 0 Å². The Morgan fingerprint density at radius 2 is 1.42 bits per heavy atom. The van der Waals surface area contributed by atoms with Crippen LogP contribution in [0.2, 0.25) is 0 Å². The van der Waals surface area contributed by atoms with Crippen LogP contribution in [0, 0.1) is 13.8 Å². The number of hydrogen-bond donors (Lipinski definition) is 0. The van der Waals surface area contributed by atoms with Crippen LogP contribution in [-0.4, -0.2) is 23.5 Å². The summed E-state index contributed by atoms with van der Waals surface area (Å²) in [5.41, 5.74) is 5.06. The van der Waals surface area contributed by atoms with Crippen LogP contribution in [-0.2, 0) is 8.85 Å². The van der Waals surface area contributed by atoms with Gasteiger partial charge in [-0.3, -0.25) is 0 Å². The number of aryl methyl sites for hydroxylation is 1. The Balaban J connectivity index is 2.55. The molecule has 99 valence electrons. The van der Waals surface area contributed by atoms with Gasteiger partial charge in [0.2, 0.25) is 0 Å². The molecule has 2 aromatic carbocycles. The quantitative estimate of drug-likeness (QED) is 0.796. The topological polar surface area (TPSA) is 18.5 Å². The van der Waals surface area contributed by atoms with Crippen LogP contribution < -0.4 is 5.19 Å². The molecule has 0 N–H and O–H groups in total. The first-order valence-electron chi connectivity index (χ1n) is 6.30. The number of hydrogen-bond acceptors (Lipinski definition) is 2. The van der Waals surface area contributed by atoms with Gasteiger partial charge in [-0.1, -0.05) is 42.5 Å². The fraction of sp³-hybridized carbons (Fsp3) is 0.250. The molecule has 0 aliphatic heterocycles. The van der Waals surface area contributed by atoms with E-state index in [1.807, 2.05) is 0 Å². The summed E-state index contributed by atoms with van der Waals surface area (Å²) in [5.74, 6) is 0. The first-order valence-corrected chi connectivity index (χ1v) is 7.61. The average molecular weight is 271 g/mol. The maximum Gasteiger partial charge on any atom is 0.423 e. The molecule has 0 bridgehead atoms. The van der Waals surface area contributed by atoms with Crippen molar-refractivity contribution in [3.63, 3.8) is 0 Å². The highest BCUT2D eigenvalue weighted by Crippen LogP contribution is 2.25. The van der Waals surface area contributed by atoms with Gasteiger partial charge in [-0.15, -0.1) is 0 Å². The smallest absolute Gasteiger partial charge is 0.393 e. The molecule has 0 spiro atoms. The third-order valence-electron chi connectivity index (χ3n) is 3.36. The molecule has 0 saturated carbocycles. The van der Waals surface area contributed by atoms with E-state index in [0.29, 0.717) is 0 Å². The second-order valence-corrected chi connectivity index (χ2v) is 6.42. The van der Waals surface area contributed by atoms with Gasteiger partial charge in [0, 0.05) is 14.2 Å². The third kappa shape index (κ3) is 2.78. The molecule has 0 aliphatic rings. The van der Waals surface area contributed by atoms with E-state index in [4.69, 9.17) is 8.85 Å². The minimum atomic E-state index is -1.37. The zero-order valence-electron chi connectivity index (χ0n) is 11.9. The van der Waals surface area contributed by atoms with Gasteiger partial charge in [-0.05, 0) is 41.3 Å². The lowest BCUT2D eigenvalue weighted by atomic mass is 9.97. The van der Waals surface area contributed by atoms with E-state index in [1.54, 1.807) is 14.2 Å². The summed E-state index contributed by atoms with van der Waals surface area (Å²) in [4.78, 5) is 0. The van der Waals surface area contributed by atoms with Gasteiger partial charge >= 0.3 is 9.28 Å². The van der Waals surface area contributed by atoms with Gasteiger partial charge in [-0.2, -0.15) is 0 Å². The Hall–Kier alpha value is -1.42. The number of rotatable bonds is 4. The molecule has 0 saturated heterocycles. The maximum absolute atomic E-state index is 5.47. The summed E-state index contributed by atoms with van der Waals surface area (Å²) in [6, 6.07) is 14.8. The molecule has 1 radical (unpaired) electrons. The molecule has 0 aromatic heterocycles. The number of benzene rings is 2. The van der Waals surface area contributed by atoms with Gasteiger partial charge in [0.25, 0.3) is 0 Å². The van der Waals surface area contributed by atoms with E-state index in [9.17, 15) is 0 Å². The molecule has 0 heterocycles. The summed E-state index contributed by atoms with van der Waals surface area (Å²) in [6.07, 6.45) is 0. The van der Waals surface area contributed by atoms with E-state index in [-0.39, 0.29) is 0 Å². The van der Waals surface area contributed by atoms with E-state index < -0.39 is 9.28 Å². The van der Waals surface area contributed by atoms with E-state index in [1.165, 1.54) is 27.4 Å². The van der Waals surface area contributed by atoms with Crippen LogP contribution in [0.3, 0.4) is 0 Å². The largest absolute Gasteiger partial charge is 0.423 e. The predicted molar refractivity (Wildman–Crippen MR) is 80.8 cm³/mol. The molecular formula is C16H19O2Si. The molecule has 0 fully saturated rings. The SMILES string of the molecule is CO[Si](OC)c1cccc(-c2ccccc2C)c1C. The van der Waals surface area contributed by atoms with Crippen LogP contribution in [0.25, 0.3) is 11.1 Å². The highest BCUT2D eigenvalue weighted by Gasteiger charge is 2.20. The zero-order valence-corrected chi connectivity index (χ0v) is 12.9. The molecule has 19 heavy (non-hydrogen) atoms. The van der Waals surface area contributed by atoms with E-state index in [0.717, 1.165) is 0 Å². The molecule has 0 unspecified atom stereocenters. The van der Waals surface area contributed by atoms with Crippen LogP contribution in [0.5, 0.6) is 0 Å². The van der Waals surface area contributed by atoms with Crippen molar-refractivity contribution in [2.24, 2.45) is 0 Å². The maximum atomic E-state index is 5.47. The lowest BCUT2D eigenvalue weighted by Crippen LogP contribution is -2.36. The molecule has 3 heteroatoms.